The minimum absolute atomic E-state index is 0.0832. The van der Waals surface area contributed by atoms with Crippen molar-refractivity contribution in [2.75, 3.05) is 6.54 Å². The first-order valence-electron chi connectivity index (χ1n) is 19.0. The Bertz CT molecular complexity index is 2110. The molecule has 296 valence electrons. The van der Waals surface area contributed by atoms with Crippen molar-refractivity contribution in [3.05, 3.63) is 71.6 Å². The first-order valence-corrected chi connectivity index (χ1v) is 20.5. The zero-order chi connectivity index (χ0) is 39.3. The van der Waals surface area contributed by atoms with Crippen molar-refractivity contribution in [1.82, 2.24) is 19.2 Å². The number of alkyl halides is 3. The van der Waals surface area contributed by atoms with E-state index in [0.29, 0.717) is 43.2 Å². The van der Waals surface area contributed by atoms with Gasteiger partial charge in [-0.05, 0) is 100 Å². The molecule has 55 heavy (non-hydrogen) atoms. The predicted octanol–water partition coefficient (Wildman–Crippen LogP) is 6.74. The number of ketones is 1. The van der Waals surface area contributed by atoms with Crippen LogP contribution in [0.5, 0.6) is 6.01 Å². The molecule has 0 unspecified atom stereocenters. The van der Waals surface area contributed by atoms with E-state index in [0.717, 1.165) is 17.4 Å². The number of ether oxygens (including phenoxy) is 1. The monoisotopic (exact) mass is 786 g/mol. The molecule has 3 fully saturated rings. The van der Waals surface area contributed by atoms with E-state index in [1.165, 1.54) is 23.1 Å². The highest BCUT2D eigenvalue weighted by molar-refractivity contribution is 7.91. The third-order valence-corrected chi connectivity index (χ3v) is 13.9. The molecular weight excluding hydrogens is 741 g/mol. The van der Waals surface area contributed by atoms with E-state index in [9.17, 15) is 40.4 Å². The number of carbonyl (C=O) groups excluding carboxylic acids is 3. The summed E-state index contributed by atoms with van der Waals surface area (Å²) < 4.78 is 90.5. The van der Waals surface area contributed by atoms with Gasteiger partial charge in [-0.1, -0.05) is 43.2 Å². The van der Waals surface area contributed by atoms with Crippen LogP contribution in [0.25, 0.3) is 11.0 Å². The van der Waals surface area contributed by atoms with E-state index in [4.69, 9.17) is 4.74 Å². The molecule has 0 radical (unpaired) electrons. The minimum Gasteiger partial charge on any atom is -0.459 e. The maximum atomic E-state index is 14.7. The Balaban J connectivity index is 1.22. The third-order valence-electron chi connectivity index (χ3n) is 11.8. The fraction of sp³-hybridized carbons (Fsp3) is 0.550. The number of amides is 2. The number of aryl methyl sites for hydroxylation is 1. The molecule has 10 nitrogen and oxygen atoms in total. The Labute approximate surface area is 317 Å². The molecule has 1 N–H and O–H groups in total. The van der Waals surface area contributed by atoms with Crippen molar-refractivity contribution in [2.24, 2.45) is 17.3 Å². The Kier molecular flexibility index (Phi) is 10.4. The lowest BCUT2D eigenvalue weighted by Gasteiger charge is -2.29. The van der Waals surface area contributed by atoms with Crippen LogP contribution in [0.4, 0.5) is 17.6 Å². The summed E-state index contributed by atoms with van der Waals surface area (Å²) >= 11 is 0. The number of sulfonamides is 1. The van der Waals surface area contributed by atoms with Crippen LogP contribution >= 0.6 is 0 Å². The molecule has 7 rings (SSSR count). The first kappa shape index (κ1) is 39.0. The van der Waals surface area contributed by atoms with Gasteiger partial charge in [-0.15, -0.1) is 0 Å². The number of allylic oxidation sites excluding steroid dienone is 2. The summed E-state index contributed by atoms with van der Waals surface area (Å²) in [6, 6.07) is 9.46. The van der Waals surface area contributed by atoms with Crippen LogP contribution in [-0.4, -0.2) is 70.1 Å². The lowest BCUT2D eigenvalue weighted by Crippen LogP contribution is -2.47. The average molecular weight is 787 g/mol. The van der Waals surface area contributed by atoms with Crippen molar-refractivity contribution in [3.8, 4) is 6.01 Å². The summed E-state index contributed by atoms with van der Waals surface area (Å²) in [4.78, 5) is 48.8. The molecular formula is C40H46F4N4O6S. The van der Waals surface area contributed by atoms with Gasteiger partial charge in [0.1, 0.15) is 18.5 Å². The van der Waals surface area contributed by atoms with Crippen LogP contribution in [0.2, 0.25) is 0 Å². The SMILES string of the molecule is Cc1cc(F)cc(C[C@H]2CCCCC/C=C\[C@@H]3C[C@@]3(C(=O)NS(=O)(=O)C3(C)CC3)CC(=O)[C@@H]3C[C@@H](Oc4nc5ccccc5n4CC(F)(F)F)CN3C2=O)c1. The zero-order valence-corrected chi connectivity index (χ0v) is 31.7. The lowest BCUT2D eigenvalue weighted by molar-refractivity contribution is -0.142. The number of Topliss-reactive ketones (excluding diaryl/α,β-unsaturated/α-hetero) is 1. The molecule has 1 aromatic heterocycles. The fourth-order valence-electron chi connectivity index (χ4n) is 8.26. The standard InChI is InChI=1S/C40H46F4N4O6S/c1-25-16-26(19-29(41)17-25)18-27-10-6-4-3-5-7-11-28-21-39(28,36(51)46-55(52,53)38(2)14-15-38)22-34(49)33-20-30(23-47(33)35(27)50)54-37-45-31-12-8-9-13-32(31)48(37)24-40(42,43)44/h7-9,11-13,16-17,19,27-28,30,33H,3-6,10,14-15,18,20-24H2,1-2H3,(H,46,51)/b11-7-/t27-,28-,30-,33+,39-/m1/s1. The number of imidazole rings is 1. The number of rotatable bonds is 8. The Hall–Kier alpha value is -4.27. The van der Waals surface area contributed by atoms with Crippen molar-refractivity contribution in [2.45, 2.75) is 114 Å². The number of aromatic nitrogens is 2. The molecule has 1 saturated heterocycles. The number of hydrogen-bond acceptors (Lipinski definition) is 7. The molecule has 3 aromatic rings. The summed E-state index contributed by atoms with van der Waals surface area (Å²) in [7, 11) is -4.01. The Morgan fingerprint density at radius 2 is 1.85 bits per heavy atom. The van der Waals surface area contributed by atoms with Gasteiger partial charge in [0.15, 0.2) is 5.78 Å². The van der Waals surface area contributed by atoms with Gasteiger partial charge in [0.25, 0.3) is 6.01 Å². The van der Waals surface area contributed by atoms with E-state index in [-0.39, 0.29) is 55.2 Å². The molecule has 3 heterocycles. The molecule has 5 atom stereocenters. The number of benzene rings is 2. The summed E-state index contributed by atoms with van der Waals surface area (Å²) in [5.41, 5.74) is 0.448. The highest BCUT2D eigenvalue weighted by Gasteiger charge is 2.62. The second-order valence-corrected chi connectivity index (χ2v) is 18.4. The summed E-state index contributed by atoms with van der Waals surface area (Å²) in [5, 5.41) is 0. The van der Waals surface area contributed by atoms with Crippen LogP contribution in [-0.2, 0) is 37.4 Å². The van der Waals surface area contributed by atoms with Crippen molar-refractivity contribution in [1.29, 1.82) is 0 Å². The molecule has 2 amide bonds. The lowest BCUT2D eigenvalue weighted by atomic mass is 9.89. The molecule has 0 spiro atoms. The summed E-state index contributed by atoms with van der Waals surface area (Å²) in [5.74, 6) is -3.08. The number of nitrogens with one attached hydrogen (secondary N) is 1. The van der Waals surface area contributed by atoms with Crippen LogP contribution in [0.3, 0.4) is 0 Å². The summed E-state index contributed by atoms with van der Waals surface area (Å²) in [6.45, 7) is 1.82. The van der Waals surface area contributed by atoms with Gasteiger partial charge >= 0.3 is 6.18 Å². The van der Waals surface area contributed by atoms with E-state index in [2.05, 4.69) is 9.71 Å². The molecule has 2 aliphatic heterocycles. The molecule has 4 aliphatic rings. The number of fused-ring (bicyclic) bond motifs is 3. The fourth-order valence-corrected chi connectivity index (χ4v) is 9.59. The molecule has 0 bridgehead atoms. The maximum absolute atomic E-state index is 14.7. The topological polar surface area (TPSA) is 128 Å². The maximum Gasteiger partial charge on any atom is 0.406 e. The molecule has 2 aliphatic carbocycles. The number of carbonyl (C=O) groups is 3. The van der Waals surface area contributed by atoms with Crippen LogP contribution in [0.1, 0.15) is 82.3 Å². The van der Waals surface area contributed by atoms with Gasteiger partial charge in [-0.2, -0.15) is 18.2 Å². The highest BCUT2D eigenvalue weighted by Crippen LogP contribution is 2.57. The van der Waals surface area contributed by atoms with Gasteiger partial charge in [0.2, 0.25) is 21.8 Å². The number of nitrogens with zero attached hydrogens (tertiary/aromatic N) is 3. The highest BCUT2D eigenvalue weighted by atomic mass is 32.2. The Morgan fingerprint density at radius 1 is 1.09 bits per heavy atom. The first-order chi connectivity index (χ1) is 26.0. The average Bonchev–Trinajstić information content (AvgIpc) is 3.94. The number of halogens is 4. The number of para-hydroxylation sites is 2. The largest absolute Gasteiger partial charge is 0.459 e. The third kappa shape index (κ3) is 8.31. The van der Waals surface area contributed by atoms with Crippen molar-refractivity contribution in [3.63, 3.8) is 0 Å². The van der Waals surface area contributed by atoms with Crippen molar-refractivity contribution < 1.29 is 45.1 Å². The summed E-state index contributed by atoms with van der Waals surface area (Å²) in [6.07, 6.45) is 2.56. The zero-order valence-electron chi connectivity index (χ0n) is 30.9. The second kappa shape index (κ2) is 14.7. The van der Waals surface area contributed by atoms with Crippen LogP contribution < -0.4 is 9.46 Å². The van der Waals surface area contributed by atoms with E-state index in [1.807, 2.05) is 18.2 Å². The predicted molar refractivity (Wildman–Crippen MR) is 196 cm³/mol. The van der Waals surface area contributed by atoms with Crippen LogP contribution in [0, 0.1) is 30.0 Å². The van der Waals surface area contributed by atoms with Gasteiger partial charge in [-0.25, -0.2) is 12.8 Å². The second-order valence-electron chi connectivity index (χ2n) is 16.2. The quantitative estimate of drug-likeness (QED) is 0.198. The van der Waals surface area contributed by atoms with Gasteiger partial charge in [-0.3, -0.25) is 23.7 Å². The van der Waals surface area contributed by atoms with E-state index in [1.54, 1.807) is 32.0 Å². The molecule has 2 aromatic carbocycles. The van der Waals surface area contributed by atoms with E-state index < -0.39 is 74.4 Å². The van der Waals surface area contributed by atoms with Crippen molar-refractivity contribution >= 4 is 38.7 Å². The Morgan fingerprint density at radius 3 is 2.58 bits per heavy atom. The normalized spacial score (nSPS) is 27.8. The molecule has 2 saturated carbocycles. The van der Waals surface area contributed by atoms with Crippen LogP contribution in [0.15, 0.2) is 54.6 Å². The van der Waals surface area contributed by atoms with Gasteiger partial charge < -0.3 is 9.64 Å². The van der Waals surface area contributed by atoms with E-state index >= 15 is 0 Å². The minimum atomic E-state index is -4.60. The smallest absolute Gasteiger partial charge is 0.406 e. The molecule has 15 heteroatoms. The van der Waals surface area contributed by atoms with Gasteiger partial charge in [0, 0.05) is 18.8 Å². The van der Waals surface area contributed by atoms with Gasteiger partial charge in [0.05, 0.1) is 33.8 Å². The number of hydrogen-bond donors (Lipinski definition) is 1.